The second-order valence-corrected chi connectivity index (χ2v) is 16.2. The summed E-state index contributed by atoms with van der Waals surface area (Å²) in [7, 11) is 8.44. The number of hydrogen-bond acceptors (Lipinski definition) is 9. The third-order valence-electron chi connectivity index (χ3n) is 11.5. The third kappa shape index (κ3) is 13.3. The van der Waals surface area contributed by atoms with E-state index in [1.54, 1.807) is 43.0 Å². The van der Waals surface area contributed by atoms with Gasteiger partial charge in [0.25, 0.3) is 0 Å². The largest absolute Gasteiger partial charge is 0.399 e. The van der Waals surface area contributed by atoms with Gasteiger partial charge in [-0.2, -0.15) is 0 Å². The Bertz CT molecular complexity index is 1620. The van der Waals surface area contributed by atoms with Crippen molar-refractivity contribution in [2.24, 2.45) is 17.8 Å². The molecular weight excluding hydrogens is 739 g/mol. The van der Waals surface area contributed by atoms with Crippen LogP contribution in [-0.2, 0) is 46.4 Å². The molecule has 1 aliphatic rings. The second kappa shape index (κ2) is 23.2. The molecule has 0 bridgehead atoms. The van der Waals surface area contributed by atoms with Crippen molar-refractivity contribution in [3.8, 4) is 0 Å². The molecule has 3 rings (SSSR count). The fourth-order valence-corrected chi connectivity index (χ4v) is 8.16. The molecule has 1 aliphatic heterocycles. The Morgan fingerprint density at radius 2 is 1.52 bits per heavy atom. The standard InChI is InChI=1S/C44H69N7O7/c1-11-29(4)40(50(8)38(53)27-47-44(56)39(28(2)3)49(6)7)36(57-9)25-37(52)51-23-15-18-35(51)41(58-10)30(5)42(54)48-34(24-31-16-13-12-14-17-31)43(55)46-26-32-19-21-33(45)22-20-32/h12-14,16-17,19-22,28-30,34-36,39-41H,11,15,18,23-27,45H2,1-10H3,(H,46,55)(H,47,56)(H,48,54). The van der Waals surface area contributed by atoms with Gasteiger partial charge in [-0.1, -0.05) is 83.5 Å². The van der Waals surface area contributed by atoms with Crippen LogP contribution in [0.1, 0.15) is 71.4 Å². The Hall–Kier alpha value is -4.53. The molecule has 0 saturated carbocycles. The van der Waals surface area contributed by atoms with Crippen molar-refractivity contribution < 1.29 is 33.4 Å². The lowest BCUT2D eigenvalue weighted by atomic mass is 9.90. The minimum atomic E-state index is -0.859. The SMILES string of the molecule is CCC(C)C(C(CC(=O)N1CCCC1C(OC)C(C)C(=O)NC(Cc1ccccc1)C(=O)NCc1ccc(N)cc1)OC)N(C)C(=O)CNC(=O)C(C(C)C)N(C)C. The molecule has 2 aromatic carbocycles. The van der Waals surface area contributed by atoms with Gasteiger partial charge < -0.3 is 41.0 Å². The Balaban J connectivity index is 1.73. The van der Waals surface area contributed by atoms with E-state index in [2.05, 4.69) is 16.0 Å². The number of methoxy groups -OCH3 is 2. The van der Waals surface area contributed by atoms with E-state index in [1.165, 1.54) is 7.11 Å². The molecule has 14 nitrogen and oxygen atoms in total. The van der Waals surface area contributed by atoms with Gasteiger partial charge in [0.1, 0.15) is 6.04 Å². The normalized spacial score (nSPS) is 17.8. The van der Waals surface area contributed by atoms with Crippen molar-refractivity contribution in [3.05, 3.63) is 65.7 Å². The number of nitrogens with one attached hydrogen (secondary N) is 3. The highest BCUT2D eigenvalue weighted by Gasteiger charge is 2.42. The van der Waals surface area contributed by atoms with Gasteiger partial charge in [-0.15, -0.1) is 0 Å². The Morgan fingerprint density at radius 3 is 2.09 bits per heavy atom. The number of nitrogens with zero attached hydrogens (tertiary/aromatic N) is 3. The molecule has 0 spiro atoms. The first-order valence-electron chi connectivity index (χ1n) is 20.6. The van der Waals surface area contributed by atoms with Crippen molar-refractivity contribution in [1.82, 2.24) is 30.7 Å². The first-order chi connectivity index (χ1) is 27.5. The van der Waals surface area contributed by atoms with Crippen LogP contribution in [0, 0.1) is 17.8 Å². The zero-order valence-electron chi connectivity index (χ0n) is 36.3. The third-order valence-corrected chi connectivity index (χ3v) is 11.5. The van der Waals surface area contributed by atoms with Gasteiger partial charge in [-0.25, -0.2) is 0 Å². The smallest absolute Gasteiger partial charge is 0.243 e. The van der Waals surface area contributed by atoms with Gasteiger partial charge in [0.05, 0.1) is 49.2 Å². The number of carbonyl (C=O) groups is 5. The highest BCUT2D eigenvalue weighted by atomic mass is 16.5. The molecule has 1 fully saturated rings. The molecule has 2 aromatic rings. The molecule has 14 heteroatoms. The van der Waals surface area contributed by atoms with Crippen LogP contribution in [0.3, 0.4) is 0 Å². The maximum Gasteiger partial charge on any atom is 0.243 e. The molecule has 58 heavy (non-hydrogen) atoms. The van der Waals surface area contributed by atoms with Crippen LogP contribution in [0.4, 0.5) is 5.69 Å². The minimum Gasteiger partial charge on any atom is -0.399 e. The predicted molar refractivity (Wildman–Crippen MR) is 226 cm³/mol. The molecule has 1 heterocycles. The number of amides is 5. The number of rotatable bonds is 22. The number of nitrogen functional groups attached to an aromatic ring is 1. The number of likely N-dealkylation sites (tertiary alicyclic amines) is 1. The number of likely N-dealkylation sites (N-methyl/N-ethyl adjacent to an activating group) is 2. The Labute approximate surface area is 345 Å². The molecule has 5 N–H and O–H groups in total. The van der Waals surface area contributed by atoms with Crippen molar-refractivity contribution in [1.29, 1.82) is 0 Å². The average molecular weight is 808 g/mol. The molecule has 322 valence electrons. The molecular formula is C44H69N7O7. The lowest BCUT2D eigenvalue weighted by Crippen LogP contribution is -2.55. The van der Waals surface area contributed by atoms with E-state index in [4.69, 9.17) is 15.2 Å². The maximum absolute atomic E-state index is 14.2. The average Bonchev–Trinajstić information content (AvgIpc) is 3.68. The lowest BCUT2D eigenvalue weighted by molar-refractivity contribution is -0.146. The number of carbonyl (C=O) groups excluding carboxylic acids is 5. The Kier molecular flexibility index (Phi) is 19.1. The summed E-state index contributed by atoms with van der Waals surface area (Å²) in [5.41, 5.74) is 8.21. The van der Waals surface area contributed by atoms with Gasteiger partial charge in [0, 0.05) is 46.5 Å². The van der Waals surface area contributed by atoms with Gasteiger partial charge in [0.15, 0.2) is 0 Å². The zero-order valence-corrected chi connectivity index (χ0v) is 36.3. The number of ether oxygens (including phenoxy) is 2. The number of nitrogens with two attached hydrogens (primary N) is 1. The second-order valence-electron chi connectivity index (χ2n) is 16.2. The molecule has 1 saturated heterocycles. The number of hydrogen-bond donors (Lipinski definition) is 4. The van der Waals surface area contributed by atoms with Crippen LogP contribution in [0.5, 0.6) is 0 Å². The zero-order chi connectivity index (χ0) is 43.1. The summed E-state index contributed by atoms with van der Waals surface area (Å²) >= 11 is 0. The molecule has 8 atom stereocenters. The fourth-order valence-electron chi connectivity index (χ4n) is 8.16. The van der Waals surface area contributed by atoms with Gasteiger partial charge >= 0.3 is 0 Å². The number of anilines is 1. The van der Waals surface area contributed by atoms with Crippen LogP contribution in [0.15, 0.2) is 54.6 Å². The summed E-state index contributed by atoms with van der Waals surface area (Å²) < 4.78 is 11.9. The van der Waals surface area contributed by atoms with Crippen molar-refractivity contribution in [3.63, 3.8) is 0 Å². The van der Waals surface area contributed by atoms with Crippen LogP contribution in [0.25, 0.3) is 0 Å². The van der Waals surface area contributed by atoms with E-state index in [0.29, 0.717) is 18.7 Å². The van der Waals surface area contributed by atoms with E-state index in [-0.39, 0.29) is 73.3 Å². The van der Waals surface area contributed by atoms with Crippen molar-refractivity contribution >= 4 is 35.2 Å². The van der Waals surface area contributed by atoms with Crippen LogP contribution >= 0.6 is 0 Å². The molecule has 0 aliphatic carbocycles. The molecule has 5 amide bonds. The first kappa shape index (κ1) is 47.8. The highest BCUT2D eigenvalue weighted by Crippen LogP contribution is 2.29. The van der Waals surface area contributed by atoms with Gasteiger partial charge in [-0.05, 0) is 62.0 Å². The highest BCUT2D eigenvalue weighted by molar-refractivity contribution is 5.89. The van der Waals surface area contributed by atoms with E-state index in [1.807, 2.05) is 89.2 Å². The van der Waals surface area contributed by atoms with Crippen LogP contribution in [-0.4, -0.2) is 129 Å². The predicted octanol–water partition coefficient (Wildman–Crippen LogP) is 3.24. The fraction of sp³-hybridized carbons (Fsp3) is 0.614. The van der Waals surface area contributed by atoms with Crippen molar-refractivity contribution in [2.45, 2.75) is 110 Å². The van der Waals surface area contributed by atoms with Gasteiger partial charge in [-0.3, -0.25) is 28.9 Å². The Morgan fingerprint density at radius 1 is 0.862 bits per heavy atom. The summed E-state index contributed by atoms with van der Waals surface area (Å²) in [4.78, 5) is 73.5. The quantitative estimate of drug-likeness (QED) is 0.130. The minimum absolute atomic E-state index is 0.00633. The summed E-state index contributed by atoms with van der Waals surface area (Å²) in [6.07, 6.45) is 1.09. The summed E-state index contributed by atoms with van der Waals surface area (Å²) in [5.74, 6) is -2.03. The molecule has 0 radical (unpaired) electrons. The van der Waals surface area contributed by atoms with Crippen LogP contribution < -0.4 is 21.7 Å². The van der Waals surface area contributed by atoms with Gasteiger partial charge in [0.2, 0.25) is 29.5 Å². The molecule has 8 unspecified atom stereocenters. The monoisotopic (exact) mass is 808 g/mol. The maximum atomic E-state index is 14.2. The number of benzene rings is 2. The first-order valence-corrected chi connectivity index (χ1v) is 20.6. The summed E-state index contributed by atoms with van der Waals surface area (Å²) in [6, 6.07) is 14.6. The lowest BCUT2D eigenvalue weighted by Gasteiger charge is -2.39. The summed E-state index contributed by atoms with van der Waals surface area (Å²) in [6.45, 7) is 10.3. The topological polar surface area (TPSA) is 176 Å². The van der Waals surface area contributed by atoms with E-state index >= 15 is 0 Å². The van der Waals surface area contributed by atoms with E-state index in [0.717, 1.165) is 24.0 Å². The summed E-state index contributed by atoms with van der Waals surface area (Å²) in [5, 5.41) is 8.75. The van der Waals surface area contributed by atoms with E-state index < -0.39 is 36.3 Å². The molecule has 0 aromatic heterocycles. The van der Waals surface area contributed by atoms with Crippen LogP contribution in [0.2, 0.25) is 0 Å². The van der Waals surface area contributed by atoms with Crippen molar-refractivity contribution in [2.75, 3.05) is 54.2 Å². The van der Waals surface area contributed by atoms with E-state index in [9.17, 15) is 24.0 Å².